The third-order valence-corrected chi connectivity index (χ3v) is 7.06. The monoisotopic (exact) mass is 531 g/mol. The van der Waals surface area contributed by atoms with Gasteiger partial charge in [-0.25, -0.2) is 0 Å². The highest BCUT2D eigenvalue weighted by molar-refractivity contribution is 6.31. The number of rotatable bonds is 7. The van der Waals surface area contributed by atoms with Gasteiger partial charge in [0.1, 0.15) is 0 Å². The van der Waals surface area contributed by atoms with Crippen molar-refractivity contribution in [2.24, 2.45) is 5.73 Å². The summed E-state index contributed by atoms with van der Waals surface area (Å²) in [5, 5.41) is 23.2. The van der Waals surface area contributed by atoms with Crippen molar-refractivity contribution in [1.29, 1.82) is 5.26 Å². The maximum absolute atomic E-state index is 13.7. The van der Waals surface area contributed by atoms with Crippen LogP contribution in [0, 0.1) is 21.4 Å². The van der Waals surface area contributed by atoms with Gasteiger partial charge >= 0.3 is 0 Å². The van der Waals surface area contributed by atoms with Crippen LogP contribution in [0.25, 0.3) is 0 Å². The number of amides is 2. The van der Waals surface area contributed by atoms with E-state index in [1.807, 2.05) is 0 Å². The number of non-ortho nitro benzene ring substituents is 1. The summed E-state index contributed by atoms with van der Waals surface area (Å²) in [6.45, 7) is 0.178. The van der Waals surface area contributed by atoms with E-state index >= 15 is 0 Å². The van der Waals surface area contributed by atoms with Crippen LogP contribution >= 0.6 is 11.6 Å². The Morgan fingerprint density at radius 3 is 2.34 bits per heavy atom. The molecule has 38 heavy (non-hydrogen) atoms. The molecule has 1 saturated carbocycles. The fourth-order valence-corrected chi connectivity index (χ4v) is 4.79. The molecule has 3 aromatic rings. The van der Waals surface area contributed by atoms with Gasteiger partial charge in [-0.2, -0.15) is 5.26 Å². The van der Waals surface area contributed by atoms with Gasteiger partial charge in [-0.05, 0) is 73.0 Å². The fraction of sp³-hybridized carbons (Fsp3) is 0.250. The van der Waals surface area contributed by atoms with Crippen LogP contribution in [0.4, 0.5) is 11.4 Å². The van der Waals surface area contributed by atoms with Gasteiger partial charge in [0.15, 0.2) is 0 Å². The van der Waals surface area contributed by atoms with E-state index < -0.39 is 10.8 Å². The molecule has 0 saturated heterocycles. The number of benzene rings is 3. The number of nitrogens with zero attached hydrogens (tertiary/aromatic N) is 3. The third kappa shape index (κ3) is 6.17. The van der Waals surface area contributed by atoms with Gasteiger partial charge < -0.3 is 16.0 Å². The second-order valence-corrected chi connectivity index (χ2v) is 9.61. The highest BCUT2D eigenvalue weighted by Gasteiger charge is 2.32. The van der Waals surface area contributed by atoms with Gasteiger partial charge in [0, 0.05) is 52.6 Å². The Morgan fingerprint density at radius 1 is 1.05 bits per heavy atom. The van der Waals surface area contributed by atoms with Crippen LogP contribution in [-0.4, -0.2) is 33.7 Å². The van der Waals surface area contributed by atoms with E-state index in [1.165, 1.54) is 24.3 Å². The molecule has 1 aliphatic carbocycles. The van der Waals surface area contributed by atoms with Crippen LogP contribution in [0.3, 0.4) is 0 Å². The Morgan fingerprint density at radius 2 is 1.71 bits per heavy atom. The third-order valence-electron chi connectivity index (χ3n) is 6.69. The minimum absolute atomic E-state index is 0.108. The number of halogens is 1. The molecule has 3 aromatic carbocycles. The van der Waals surface area contributed by atoms with Gasteiger partial charge in [-0.3, -0.25) is 19.7 Å². The number of nitrogens with one attached hydrogen (secondary N) is 1. The Bertz CT molecular complexity index is 1390. The normalized spacial score (nSPS) is 16.8. The number of anilines is 1. The molecule has 1 aliphatic rings. The zero-order chi connectivity index (χ0) is 27.2. The number of carbonyl (C=O) groups is 2. The van der Waals surface area contributed by atoms with Gasteiger partial charge in [-0.15, -0.1) is 0 Å². The number of carbonyl (C=O) groups excluding carboxylic acids is 2. The molecule has 0 heterocycles. The Hall–Kier alpha value is -4.26. The molecule has 10 heteroatoms. The molecule has 1 fully saturated rings. The minimum atomic E-state index is -0.531. The number of hydrogen-bond donors (Lipinski definition) is 2. The minimum Gasteiger partial charge on any atom is -0.330 e. The largest absolute Gasteiger partial charge is 0.330 e. The summed E-state index contributed by atoms with van der Waals surface area (Å²) in [6, 6.07) is 18.4. The molecule has 2 unspecified atom stereocenters. The SMILES string of the molecule is N#Cc1ccc(C(=O)N(Cc2cc(NC(=O)c3ccc([N+](=O)[O-])cc3)ccc2Cl)C2CCCCC2N)cc1. The Labute approximate surface area is 225 Å². The summed E-state index contributed by atoms with van der Waals surface area (Å²) in [5.41, 5.74) is 8.61. The lowest BCUT2D eigenvalue weighted by atomic mass is 9.89. The van der Waals surface area contributed by atoms with Crippen molar-refractivity contribution in [3.05, 3.63) is 104 Å². The van der Waals surface area contributed by atoms with Gasteiger partial charge in [0.05, 0.1) is 16.6 Å². The predicted molar refractivity (Wildman–Crippen MR) is 144 cm³/mol. The Kier molecular flexibility index (Phi) is 8.36. The summed E-state index contributed by atoms with van der Waals surface area (Å²) < 4.78 is 0. The molecule has 2 atom stereocenters. The second kappa shape index (κ2) is 11.9. The summed E-state index contributed by atoms with van der Waals surface area (Å²) in [4.78, 5) is 38.5. The van der Waals surface area contributed by atoms with E-state index in [0.717, 1.165) is 25.7 Å². The number of nitro groups is 1. The molecule has 0 bridgehead atoms. The van der Waals surface area contributed by atoms with Crippen LogP contribution in [0.15, 0.2) is 66.7 Å². The molecule has 3 N–H and O–H groups in total. The number of nitriles is 1. The van der Waals surface area contributed by atoms with Crippen LogP contribution in [0.5, 0.6) is 0 Å². The smallest absolute Gasteiger partial charge is 0.269 e. The second-order valence-electron chi connectivity index (χ2n) is 9.20. The first-order valence-corrected chi connectivity index (χ1v) is 12.6. The quantitative estimate of drug-likeness (QED) is 0.313. The zero-order valence-corrected chi connectivity index (χ0v) is 21.2. The average molecular weight is 532 g/mol. The van der Waals surface area contributed by atoms with Crippen molar-refractivity contribution in [2.45, 2.75) is 44.3 Å². The molecule has 0 radical (unpaired) electrons. The van der Waals surface area contributed by atoms with Crippen molar-refractivity contribution in [3.8, 4) is 6.07 Å². The molecule has 194 valence electrons. The predicted octanol–water partition coefficient (Wildman–Crippen LogP) is 5.28. The van der Waals surface area contributed by atoms with E-state index in [4.69, 9.17) is 22.6 Å². The maximum atomic E-state index is 13.7. The van der Waals surface area contributed by atoms with Crippen molar-refractivity contribution >= 4 is 34.8 Å². The van der Waals surface area contributed by atoms with Crippen molar-refractivity contribution in [3.63, 3.8) is 0 Å². The molecular formula is C28H26ClN5O4. The summed E-state index contributed by atoms with van der Waals surface area (Å²) in [7, 11) is 0. The van der Waals surface area contributed by atoms with Crippen molar-refractivity contribution < 1.29 is 14.5 Å². The summed E-state index contributed by atoms with van der Waals surface area (Å²) in [6.07, 6.45) is 3.52. The number of hydrogen-bond acceptors (Lipinski definition) is 6. The fourth-order valence-electron chi connectivity index (χ4n) is 4.61. The van der Waals surface area contributed by atoms with Crippen LogP contribution in [0.1, 0.15) is 57.5 Å². The first-order valence-electron chi connectivity index (χ1n) is 12.2. The lowest BCUT2D eigenvalue weighted by Gasteiger charge is -2.38. The summed E-state index contributed by atoms with van der Waals surface area (Å²) in [5.74, 6) is -0.652. The van der Waals surface area contributed by atoms with Crippen LogP contribution < -0.4 is 11.1 Å². The molecule has 0 aliphatic heterocycles. The highest BCUT2D eigenvalue weighted by atomic mass is 35.5. The van der Waals surface area contributed by atoms with Crippen LogP contribution in [-0.2, 0) is 6.54 Å². The standard InChI is InChI=1S/C28H26ClN5O4/c29-24-14-11-22(32-27(35)19-9-12-23(13-10-19)34(37)38)15-21(24)17-33(26-4-2-1-3-25(26)31)28(36)20-7-5-18(16-30)6-8-20/h5-15,25-26H,1-4,17,31H2,(H,32,35). The van der Waals surface area contributed by atoms with Gasteiger partial charge in [0.2, 0.25) is 0 Å². The van der Waals surface area contributed by atoms with Gasteiger partial charge in [0.25, 0.3) is 17.5 Å². The van der Waals surface area contributed by atoms with E-state index in [1.54, 1.807) is 47.4 Å². The van der Waals surface area contributed by atoms with Crippen molar-refractivity contribution in [1.82, 2.24) is 4.90 Å². The maximum Gasteiger partial charge on any atom is 0.269 e. The molecule has 2 amide bonds. The van der Waals surface area contributed by atoms with E-state index in [0.29, 0.717) is 27.4 Å². The first-order chi connectivity index (χ1) is 18.3. The van der Waals surface area contributed by atoms with E-state index in [9.17, 15) is 19.7 Å². The molecule has 0 aromatic heterocycles. The molecule has 0 spiro atoms. The number of nitro benzene ring substituents is 1. The van der Waals surface area contributed by atoms with E-state index in [-0.39, 0.29) is 35.8 Å². The lowest BCUT2D eigenvalue weighted by Crippen LogP contribution is -2.51. The van der Waals surface area contributed by atoms with Gasteiger partial charge in [-0.1, -0.05) is 24.4 Å². The van der Waals surface area contributed by atoms with Crippen molar-refractivity contribution in [2.75, 3.05) is 5.32 Å². The first kappa shape index (κ1) is 26.8. The number of nitrogens with two attached hydrogens (primary N) is 1. The zero-order valence-electron chi connectivity index (χ0n) is 20.5. The lowest BCUT2D eigenvalue weighted by molar-refractivity contribution is -0.384. The van der Waals surface area contributed by atoms with E-state index in [2.05, 4.69) is 11.4 Å². The molecule has 4 rings (SSSR count). The van der Waals surface area contributed by atoms with Crippen LogP contribution in [0.2, 0.25) is 5.02 Å². The summed E-state index contributed by atoms with van der Waals surface area (Å²) >= 11 is 6.52. The topological polar surface area (TPSA) is 142 Å². The molecule has 9 nitrogen and oxygen atoms in total. The Balaban J connectivity index is 1.59. The highest BCUT2D eigenvalue weighted by Crippen LogP contribution is 2.29. The molecular weight excluding hydrogens is 506 g/mol. The average Bonchev–Trinajstić information content (AvgIpc) is 2.93.